The van der Waals surface area contributed by atoms with Gasteiger partial charge in [0.25, 0.3) is 23.3 Å². The number of aromatic amines is 1. The minimum absolute atomic E-state index is 0.0683. The van der Waals surface area contributed by atoms with Gasteiger partial charge in [-0.15, -0.1) is 0 Å². The van der Waals surface area contributed by atoms with E-state index in [9.17, 15) is 28.8 Å². The molecule has 70 heavy (non-hydrogen) atoms. The SMILES string of the molecule is CCN(c1cc(-c2ccc(N3CCN(CCCCCCOc4cccc5c4C(=O)N(C4CCC(=O)NC4=O)C5=O)CC3)nc2)cc(C(=O)NCc2c3c(c(C)[nH]c2=O)CCCC3)c1C)C1CCOCC1. The Morgan fingerprint density at radius 2 is 1.64 bits per heavy atom. The molecular weight excluding hydrogens is 889 g/mol. The van der Waals surface area contributed by atoms with Crippen LogP contribution in [-0.2, 0) is 33.7 Å². The van der Waals surface area contributed by atoms with Gasteiger partial charge in [-0.1, -0.05) is 18.9 Å². The molecule has 2 aromatic heterocycles. The maximum atomic E-state index is 14.3. The number of piperazine rings is 1. The molecule has 5 aliphatic rings. The number of amides is 5. The predicted octanol–water partition coefficient (Wildman–Crippen LogP) is 6.03. The van der Waals surface area contributed by atoms with Crippen LogP contribution in [0.15, 0.2) is 53.5 Å². The van der Waals surface area contributed by atoms with Crippen molar-refractivity contribution >= 4 is 41.0 Å². The van der Waals surface area contributed by atoms with E-state index < -0.39 is 29.7 Å². The van der Waals surface area contributed by atoms with E-state index in [0.717, 1.165) is 148 Å². The standard InChI is InChI=1S/C54H66N8O8/c1-4-61(38-20-28-69-29-21-38)45-31-37(30-42(34(45)2)50(64)56-33-43-40-13-8-7-12-39(40)35(3)57-51(43)65)36-16-18-47(55-32-36)60-25-23-59(24-26-60)22-9-5-6-10-27-70-46-15-11-14-41-49(46)54(68)62(53(41)67)44-17-19-48(63)58-52(44)66/h11,14-16,18,30-32,38,44H,4-10,12-13,17,19-29,33H2,1-3H3,(H,56,64)(H,57,65)(H,58,63,66). The van der Waals surface area contributed by atoms with Crippen LogP contribution in [0.2, 0.25) is 0 Å². The number of carbonyl (C=O) groups is 5. The summed E-state index contributed by atoms with van der Waals surface area (Å²) in [6.07, 6.45) is 11.7. The van der Waals surface area contributed by atoms with Crippen molar-refractivity contribution in [2.75, 3.05) is 68.9 Å². The van der Waals surface area contributed by atoms with Gasteiger partial charge in [-0.25, -0.2) is 4.98 Å². The summed E-state index contributed by atoms with van der Waals surface area (Å²) >= 11 is 0. The second kappa shape index (κ2) is 21.7. The number of aromatic nitrogens is 2. The molecule has 3 fully saturated rings. The van der Waals surface area contributed by atoms with Crippen LogP contribution in [0.4, 0.5) is 11.5 Å². The highest BCUT2D eigenvalue weighted by Crippen LogP contribution is 2.36. The molecule has 9 rings (SSSR count). The molecule has 1 atom stereocenters. The van der Waals surface area contributed by atoms with Crippen LogP contribution < -0.4 is 30.7 Å². The van der Waals surface area contributed by atoms with Crippen LogP contribution in [0, 0.1) is 13.8 Å². The van der Waals surface area contributed by atoms with Crippen molar-refractivity contribution in [3.8, 4) is 16.9 Å². The second-order valence-corrected chi connectivity index (χ2v) is 19.3. The number of imide groups is 2. The van der Waals surface area contributed by atoms with Gasteiger partial charge in [0.05, 0.1) is 17.7 Å². The third-order valence-electron chi connectivity index (χ3n) is 15.0. The topological polar surface area (TPSA) is 187 Å². The van der Waals surface area contributed by atoms with Crippen LogP contribution in [0.5, 0.6) is 5.75 Å². The lowest BCUT2D eigenvalue weighted by molar-refractivity contribution is -0.136. The fraction of sp³-hybridized carbons (Fsp3) is 0.500. The van der Waals surface area contributed by atoms with Crippen molar-refractivity contribution in [2.45, 2.75) is 116 Å². The maximum absolute atomic E-state index is 14.3. The Bertz CT molecular complexity index is 2690. The largest absolute Gasteiger partial charge is 0.493 e. The van der Waals surface area contributed by atoms with Gasteiger partial charge >= 0.3 is 0 Å². The molecule has 4 aromatic rings. The summed E-state index contributed by atoms with van der Waals surface area (Å²) in [5.41, 5.74) is 8.58. The summed E-state index contributed by atoms with van der Waals surface area (Å²) < 4.78 is 11.8. The van der Waals surface area contributed by atoms with E-state index in [0.29, 0.717) is 42.7 Å². The Morgan fingerprint density at radius 1 is 0.871 bits per heavy atom. The molecule has 3 saturated heterocycles. The second-order valence-electron chi connectivity index (χ2n) is 19.3. The lowest BCUT2D eigenvalue weighted by atomic mass is 9.88. The molecule has 4 aliphatic heterocycles. The third-order valence-corrected chi connectivity index (χ3v) is 15.0. The summed E-state index contributed by atoms with van der Waals surface area (Å²) in [7, 11) is 0. The van der Waals surface area contributed by atoms with E-state index in [1.165, 1.54) is 5.56 Å². The monoisotopic (exact) mass is 955 g/mol. The lowest BCUT2D eigenvalue weighted by Crippen LogP contribution is -2.54. The molecule has 1 aliphatic carbocycles. The molecular formula is C54H66N8O8. The Balaban J connectivity index is 0.776. The number of nitrogens with zero attached hydrogens (tertiary/aromatic N) is 5. The van der Waals surface area contributed by atoms with Crippen LogP contribution in [0.25, 0.3) is 11.1 Å². The fourth-order valence-electron chi connectivity index (χ4n) is 11.1. The van der Waals surface area contributed by atoms with Gasteiger partial charge in [-0.3, -0.25) is 43.9 Å². The summed E-state index contributed by atoms with van der Waals surface area (Å²) in [5, 5.41) is 5.38. The number of hydrogen-bond acceptors (Lipinski definition) is 12. The first-order valence-electron chi connectivity index (χ1n) is 25.4. The smallest absolute Gasteiger partial charge is 0.266 e. The molecule has 3 N–H and O–H groups in total. The number of H-pyrrole nitrogens is 1. The Labute approximate surface area is 409 Å². The highest BCUT2D eigenvalue weighted by molar-refractivity contribution is 6.24. The molecule has 5 amide bonds. The molecule has 2 aromatic carbocycles. The van der Waals surface area contributed by atoms with Gasteiger partial charge in [0.2, 0.25) is 11.8 Å². The minimum Gasteiger partial charge on any atom is -0.493 e. The van der Waals surface area contributed by atoms with Gasteiger partial charge < -0.3 is 29.6 Å². The number of piperidine rings is 1. The highest BCUT2D eigenvalue weighted by atomic mass is 16.5. The number of nitrogens with one attached hydrogen (secondary N) is 3. The Kier molecular flexibility index (Phi) is 15.1. The first-order valence-corrected chi connectivity index (χ1v) is 25.4. The van der Waals surface area contributed by atoms with Crippen molar-refractivity contribution in [1.82, 2.24) is 30.4 Å². The maximum Gasteiger partial charge on any atom is 0.266 e. The average Bonchev–Trinajstić information content (AvgIpc) is 3.63. The number of hydrogen-bond donors (Lipinski definition) is 3. The van der Waals surface area contributed by atoms with Crippen molar-refractivity contribution < 1.29 is 33.4 Å². The predicted molar refractivity (Wildman–Crippen MR) is 267 cm³/mol. The molecule has 0 saturated carbocycles. The van der Waals surface area contributed by atoms with E-state index in [1.54, 1.807) is 18.2 Å². The fourth-order valence-corrected chi connectivity index (χ4v) is 11.1. The van der Waals surface area contributed by atoms with Gasteiger partial charge in [-0.2, -0.15) is 0 Å². The van der Waals surface area contributed by atoms with Crippen molar-refractivity contribution in [3.63, 3.8) is 0 Å². The van der Waals surface area contributed by atoms with E-state index in [4.69, 9.17) is 14.5 Å². The van der Waals surface area contributed by atoms with Gasteiger partial charge in [0.15, 0.2) is 0 Å². The van der Waals surface area contributed by atoms with Crippen LogP contribution in [-0.4, -0.2) is 120 Å². The van der Waals surface area contributed by atoms with Gasteiger partial charge in [0, 0.05) is 99.2 Å². The average molecular weight is 955 g/mol. The number of carbonyl (C=O) groups excluding carboxylic acids is 5. The zero-order chi connectivity index (χ0) is 48.9. The number of benzene rings is 2. The molecule has 0 bridgehead atoms. The number of fused-ring (bicyclic) bond motifs is 2. The quantitative estimate of drug-likeness (QED) is 0.0826. The van der Waals surface area contributed by atoms with Gasteiger partial charge in [-0.05, 0) is 144 Å². The number of rotatable bonds is 17. The highest BCUT2D eigenvalue weighted by Gasteiger charge is 2.46. The first kappa shape index (κ1) is 48.6. The van der Waals surface area contributed by atoms with E-state index in [-0.39, 0.29) is 42.0 Å². The van der Waals surface area contributed by atoms with Crippen LogP contribution >= 0.6 is 0 Å². The zero-order valence-electron chi connectivity index (χ0n) is 40.8. The number of anilines is 2. The third kappa shape index (κ3) is 10.2. The van der Waals surface area contributed by atoms with Gasteiger partial charge in [0.1, 0.15) is 17.6 Å². The molecule has 16 nitrogen and oxygen atoms in total. The Hall–Kier alpha value is -6.39. The Morgan fingerprint density at radius 3 is 2.39 bits per heavy atom. The van der Waals surface area contributed by atoms with Crippen molar-refractivity contribution in [2.24, 2.45) is 0 Å². The molecule has 0 radical (unpaired) electrons. The van der Waals surface area contributed by atoms with Crippen molar-refractivity contribution in [3.05, 3.63) is 104 Å². The normalized spacial score (nSPS) is 18.7. The number of pyridine rings is 2. The number of aryl methyl sites for hydroxylation is 1. The van der Waals surface area contributed by atoms with Crippen molar-refractivity contribution in [1.29, 1.82) is 0 Å². The lowest BCUT2D eigenvalue weighted by Gasteiger charge is -2.37. The summed E-state index contributed by atoms with van der Waals surface area (Å²) in [6.45, 7) is 13.6. The van der Waals surface area contributed by atoms with E-state index >= 15 is 0 Å². The number of ether oxygens (including phenoxy) is 2. The summed E-state index contributed by atoms with van der Waals surface area (Å²) in [6, 6.07) is 12.6. The summed E-state index contributed by atoms with van der Waals surface area (Å²) in [4.78, 5) is 94.3. The summed E-state index contributed by atoms with van der Waals surface area (Å²) in [5.74, 6) is -1.09. The molecule has 0 spiro atoms. The molecule has 370 valence electrons. The number of unbranched alkanes of at least 4 members (excludes halogenated alkanes) is 3. The minimum atomic E-state index is -1.02. The van der Waals surface area contributed by atoms with Crippen LogP contribution in [0.3, 0.4) is 0 Å². The molecule has 6 heterocycles. The molecule has 1 unspecified atom stereocenters. The zero-order valence-corrected chi connectivity index (χ0v) is 40.8. The van der Waals surface area contributed by atoms with E-state index in [1.807, 2.05) is 26.1 Å². The van der Waals surface area contributed by atoms with E-state index in [2.05, 4.69) is 55.4 Å². The first-order chi connectivity index (χ1) is 34.0. The van der Waals surface area contributed by atoms with Crippen LogP contribution in [0.1, 0.15) is 130 Å². The molecule has 16 heteroatoms.